The molecule has 1 saturated carbocycles. The van der Waals surface area contributed by atoms with Gasteiger partial charge < -0.3 is 4.74 Å². The molecule has 2 rings (SSSR count). The highest BCUT2D eigenvalue weighted by atomic mass is 79.9. The molecule has 1 aliphatic rings. The van der Waals surface area contributed by atoms with Crippen LogP contribution in [0.2, 0.25) is 0 Å². The van der Waals surface area contributed by atoms with Crippen LogP contribution in [0.5, 0.6) is 5.75 Å². The third-order valence-electron chi connectivity index (χ3n) is 3.88. The van der Waals surface area contributed by atoms with Gasteiger partial charge in [-0.25, -0.2) is 8.78 Å². The molecule has 1 aromatic carbocycles. The molecule has 1 aliphatic carbocycles. The zero-order valence-corrected chi connectivity index (χ0v) is 12.6. The van der Waals surface area contributed by atoms with Crippen LogP contribution >= 0.6 is 15.9 Å². The molecule has 0 N–H and O–H groups in total. The van der Waals surface area contributed by atoms with Crippen molar-refractivity contribution in [1.82, 2.24) is 0 Å². The summed E-state index contributed by atoms with van der Waals surface area (Å²) in [5.41, 5.74) is 1.13. The van der Waals surface area contributed by atoms with Crippen molar-refractivity contribution in [2.75, 3.05) is 7.11 Å². The summed E-state index contributed by atoms with van der Waals surface area (Å²) in [7, 11) is 1.66. The van der Waals surface area contributed by atoms with Gasteiger partial charge in [-0.2, -0.15) is 0 Å². The van der Waals surface area contributed by atoms with Crippen LogP contribution in [-0.4, -0.2) is 17.9 Å². The SMILES string of the molecule is COc1ccccc1CC(Br)C1CCC(F)(F)CC1. The number of rotatable bonds is 4. The molecule has 0 spiro atoms. The Morgan fingerprint density at radius 3 is 2.58 bits per heavy atom. The van der Waals surface area contributed by atoms with Gasteiger partial charge in [-0.3, -0.25) is 0 Å². The van der Waals surface area contributed by atoms with Crippen molar-refractivity contribution in [3.8, 4) is 5.75 Å². The number of benzene rings is 1. The van der Waals surface area contributed by atoms with Gasteiger partial charge in [0.1, 0.15) is 5.75 Å². The molecule has 19 heavy (non-hydrogen) atoms. The van der Waals surface area contributed by atoms with Gasteiger partial charge in [0.2, 0.25) is 5.92 Å². The van der Waals surface area contributed by atoms with Crippen LogP contribution in [0.25, 0.3) is 0 Å². The minimum Gasteiger partial charge on any atom is -0.496 e. The van der Waals surface area contributed by atoms with E-state index < -0.39 is 5.92 Å². The molecule has 106 valence electrons. The predicted octanol–water partition coefficient (Wildman–Crippen LogP) is 4.83. The lowest BCUT2D eigenvalue weighted by molar-refractivity contribution is -0.0456. The highest BCUT2D eigenvalue weighted by molar-refractivity contribution is 9.09. The Bertz CT molecular complexity index is 412. The van der Waals surface area contributed by atoms with E-state index in [1.165, 1.54) is 0 Å². The molecular formula is C15H19BrF2O. The number of hydrogen-bond acceptors (Lipinski definition) is 1. The Kier molecular flexibility index (Phi) is 4.82. The first kappa shape index (κ1) is 14.8. The molecule has 0 aromatic heterocycles. The minimum atomic E-state index is -2.45. The Hall–Kier alpha value is -0.640. The molecule has 1 atom stereocenters. The van der Waals surface area contributed by atoms with Gasteiger partial charge in [-0.15, -0.1) is 0 Å². The molecule has 0 amide bonds. The lowest BCUT2D eigenvalue weighted by atomic mass is 9.83. The van der Waals surface area contributed by atoms with E-state index in [1.807, 2.05) is 24.3 Å². The van der Waals surface area contributed by atoms with Crippen molar-refractivity contribution in [2.45, 2.75) is 42.9 Å². The predicted molar refractivity (Wildman–Crippen MR) is 76.3 cm³/mol. The van der Waals surface area contributed by atoms with E-state index in [-0.39, 0.29) is 17.7 Å². The average Bonchev–Trinajstić information content (AvgIpc) is 2.39. The van der Waals surface area contributed by atoms with Crippen molar-refractivity contribution < 1.29 is 13.5 Å². The Labute approximate surface area is 121 Å². The van der Waals surface area contributed by atoms with E-state index in [1.54, 1.807) is 7.11 Å². The van der Waals surface area contributed by atoms with Crippen LogP contribution in [0, 0.1) is 5.92 Å². The van der Waals surface area contributed by atoms with Crippen LogP contribution < -0.4 is 4.74 Å². The molecule has 0 aliphatic heterocycles. The van der Waals surface area contributed by atoms with Crippen LogP contribution in [0.15, 0.2) is 24.3 Å². The summed E-state index contributed by atoms with van der Waals surface area (Å²) in [6.45, 7) is 0. The maximum absolute atomic E-state index is 13.2. The lowest BCUT2D eigenvalue weighted by Gasteiger charge is -2.31. The third-order valence-corrected chi connectivity index (χ3v) is 4.95. The van der Waals surface area contributed by atoms with Gasteiger partial charge in [0.05, 0.1) is 7.11 Å². The van der Waals surface area contributed by atoms with Crippen molar-refractivity contribution in [3.05, 3.63) is 29.8 Å². The molecule has 4 heteroatoms. The highest BCUT2D eigenvalue weighted by Gasteiger charge is 2.37. The minimum absolute atomic E-state index is 0.0195. The van der Waals surface area contributed by atoms with Crippen molar-refractivity contribution in [3.63, 3.8) is 0 Å². The van der Waals surface area contributed by atoms with E-state index in [2.05, 4.69) is 15.9 Å². The summed E-state index contributed by atoms with van der Waals surface area (Å²) in [5, 5.41) is 0. The maximum atomic E-state index is 13.2. The van der Waals surface area contributed by atoms with Gasteiger partial charge in [0.15, 0.2) is 0 Å². The van der Waals surface area contributed by atoms with E-state index >= 15 is 0 Å². The highest BCUT2D eigenvalue weighted by Crippen LogP contribution is 2.40. The fourth-order valence-electron chi connectivity index (χ4n) is 2.67. The standard InChI is InChI=1S/C15H19BrF2O/c1-19-14-5-3-2-4-12(14)10-13(16)11-6-8-15(17,18)9-7-11/h2-5,11,13H,6-10H2,1H3. The number of alkyl halides is 3. The summed E-state index contributed by atoms with van der Waals surface area (Å²) in [6, 6.07) is 7.88. The molecular weight excluding hydrogens is 314 g/mol. The number of para-hydroxylation sites is 1. The van der Waals surface area contributed by atoms with E-state index in [0.29, 0.717) is 18.8 Å². The quantitative estimate of drug-likeness (QED) is 0.718. The van der Waals surface area contributed by atoms with E-state index in [0.717, 1.165) is 17.7 Å². The summed E-state index contributed by atoms with van der Waals surface area (Å²) in [5.74, 6) is -1.26. The summed E-state index contributed by atoms with van der Waals surface area (Å²) < 4.78 is 31.6. The third kappa shape index (κ3) is 3.91. The normalized spacial score (nSPS) is 21.1. The molecule has 1 nitrogen and oxygen atoms in total. The first-order valence-corrected chi connectivity index (χ1v) is 7.57. The van der Waals surface area contributed by atoms with Gasteiger partial charge in [0.25, 0.3) is 0 Å². The Balaban J connectivity index is 1.96. The number of hydrogen-bond donors (Lipinski definition) is 0. The Morgan fingerprint density at radius 1 is 1.32 bits per heavy atom. The maximum Gasteiger partial charge on any atom is 0.248 e. The lowest BCUT2D eigenvalue weighted by Crippen LogP contribution is -2.29. The van der Waals surface area contributed by atoms with Crippen LogP contribution in [0.4, 0.5) is 8.78 Å². The van der Waals surface area contributed by atoms with Gasteiger partial charge in [-0.05, 0) is 36.8 Å². The first-order chi connectivity index (χ1) is 9.02. The fraction of sp³-hybridized carbons (Fsp3) is 0.600. The number of methoxy groups -OCH3 is 1. The Morgan fingerprint density at radius 2 is 1.95 bits per heavy atom. The second kappa shape index (κ2) is 6.21. The first-order valence-electron chi connectivity index (χ1n) is 6.65. The van der Waals surface area contributed by atoms with Gasteiger partial charge >= 0.3 is 0 Å². The van der Waals surface area contributed by atoms with Crippen LogP contribution in [0.1, 0.15) is 31.2 Å². The monoisotopic (exact) mass is 332 g/mol. The fourth-order valence-corrected chi connectivity index (χ4v) is 3.55. The van der Waals surface area contributed by atoms with Gasteiger partial charge in [0, 0.05) is 17.7 Å². The van der Waals surface area contributed by atoms with Gasteiger partial charge in [-0.1, -0.05) is 34.1 Å². The molecule has 1 aromatic rings. The van der Waals surface area contributed by atoms with Crippen molar-refractivity contribution >= 4 is 15.9 Å². The zero-order valence-electron chi connectivity index (χ0n) is 11.0. The summed E-state index contributed by atoms with van der Waals surface area (Å²) >= 11 is 3.68. The molecule has 0 radical (unpaired) electrons. The largest absolute Gasteiger partial charge is 0.496 e. The molecule has 0 bridgehead atoms. The molecule has 1 unspecified atom stereocenters. The molecule has 0 heterocycles. The van der Waals surface area contributed by atoms with Crippen molar-refractivity contribution in [1.29, 1.82) is 0 Å². The molecule has 0 saturated heterocycles. The average molecular weight is 333 g/mol. The molecule has 1 fully saturated rings. The summed E-state index contributed by atoms with van der Waals surface area (Å²) in [6.07, 6.45) is 2.05. The van der Waals surface area contributed by atoms with Crippen LogP contribution in [-0.2, 0) is 6.42 Å². The zero-order chi connectivity index (χ0) is 13.9. The topological polar surface area (TPSA) is 9.23 Å². The number of halogens is 3. The number of ether oxygens (including phenoxy) is 1. The summed E-state index contributed by atoms with van der Waals surface area (Å²) in [4.78, 5) is 0.236. The van der Waals surface area contributed by atoms with Crippen LogP contribution in [0.3, 0.4) is 0 Å². The second-order valence-electron chi connectivity index (χ2n) is 5.23. The van der Waals surface area contributed by atoms with E-state index in [4.69, 9.17) is 4.74 Å². The second-order valence-corrected chi connectivity index (χ2v) is 6.40. The van der Waals surface area contributed by atoms with E-state index in [9.17, 15) is 8.78 Å². The smallest absolute Gasteiger partial charge is 0.248 e. The van der Waals surface area contributed by atoms with Crippen molar-refractivity contribution in [2.24, 2.45) is 5.92 Å².